The molecule has 1 fully saturated rings. The van der Waals surface area contributed by atoms with Crippen LogP contribution in [0.25, 0.3) is 10.9 Å². The van der Waals surface area contributed by atoms with E-state index in [1.54, 1.807) is 25.3 Å². The van der Waals surface area contributed by atoms with Crippen LogP contribution in [-0.4, -0.2) is 50.7 Å². The molecule has 3 N–H and O–H groups in total. The number of aliphatic hydroxyl groups is 2. The highest BCUT2D eigenvalue weighted by Crippen LogP contribution is 2.35. The summed E-state index contributed by atoms with van der Waals surface area (Å²) in [5, 5.41) is 24.1. The standard InChI is InChI=1S/C24H25F3N4O3/c1-14(15-3-2-4-16(22(15)25)23(26)27)30-18-5-8-28-19-12-29-20(11-17(18)19)24(34)6-9-31(10-7-24)21(33)13-32/h2-5,8,11-12,14,23,32,34H,6-7,9-10,13H2,1H3,(H,28,30)/t14-/m1/s1. The molecule has 0 unspecified atom stereocenters. The first kappa shape index (κ1) is 23.9. The van der Waals surface area contributed by atoms with Gasteiger partial charge in [0.15, 0.2) is 0 Å². The lowest BCUT2D eigenvalue weighted by Gasteiger charge is -2.37. The number of pyridine rings is 2. The summed E-state index contributed by atoms with van der Waals surface area (Å²) in [4.78, 5) is 21.9. The molecule has 2 aromatic heterocycles. The number of amides is 1. The van der Waals surface area contributed by atoms with E-state index < -0.39 is 36.1 Å². The topological polar surface area (TPSA) is 98.6 Å². The molecule has 0 bridgehead atoms. The number of carbonyl (C=O) groups is 1. The van der Waals surface area contributed by atoms with Gasteiger partial charge in [0.25, 0.3) is 6.43 Å². The average Bonchev–Trinajstić information content (AvgIpc) is 2.83. The first-order valence-corrected chi connectivity index (χ1v) is 10.9. The highest BCUT2D eigenvalue weighted by Gasteiger charge is 2.36. The molecule has 1 amide bonds. The summed E-state index contributed by atoms with van der Waals surface area (Å²) >= 11 is 0. The minimum Gasteiger partial charge on any atom is -0.387 e. The number of nitrogens with zero attached hydrogens (tertiary/aromatic N) is 3. The number of alkyl halides is 2. The number of piperidine rings is 1. The van der Waals surface area contributed by atoms with Gasteiger partial charge in [0.2, 0.25) is 5.91 Å². The van der Waals surface area contributed by atoms with Crippen LogP contribution in [0.3, 0.4) is 0 Å². The molecule has 3 aromatic rings. The van der Waals surface area contributed by atoms with Gasteiger partial charge in [-0.1, -0.05) is 18.2 Å². The summed E-state index contributed by atoms with van der Waals surface area (Å²) in [6.45, 7) is 1.66. The largest absolute Gasteiger partial charge is 0.387 e. The third-order valence-electron chi connectivity index (χ3n) is 6.32. The average molecular weight is 474 g/mol. The SMILES string of the molecule is C[C@@H](Nc1ccnc2cnc(C3(O)CCN(C(=O)CO)CC3)cc12)c1cccc(C(F)F)c1F. The van der Waals surface area contributed by atoms with Crippen molar-refractivity contribution in [1.82, 2.24) is 14.9 Å². The first-order valence-electron chi connectivity index (χ1n) is 10.9. The Hall–Kier alpha value is -3.24. The molecule has 3 heterocycles. The van der Waals surface area contributed by atoms with Crippen LogP contribution in [0.4, 0.5) is 18.9 Å². The number of anilines is 1. The highest BCUT2D eigenvalue weighted by molar-refractivity contribution is 5.91. The minimum absolute atomic E-state index is 0.108. The van der Waals surface area contributed by atoms with Gasteiger partial charge in [0.05, 0.1) is 29.0 Å². The van der Waals surface area contributed by atoms with Gasteiger partial charge in [0.1, 0.15) is 18.0 Å². The molecule has 4 rings (SSSR count). The Morgan fingerprint density at radius 3 is 2.59 bits per heavy atom. The van der Waals surface area contributed by atoms with Crippen molar-refractivity contribution in [2.24, 2.45) is 0 Å². The van der Waals surface area contributed by atoms with Crippen molar-refractivity contribution >= 4 is 22.5 Å². The second kappa shape index (κ2) is 9.55. The number of nitrogens with one attached hydrogen (secondary N) is 1. The summed E-state index contributed by atoms with van der Waals surface area (Å²) in [5.41, 5.74) is -0.275. The molecule has 0 spiro atoms. The fourth-order valence-electron chi connectivity index (χ4n) is 4.29. The second-order valence-electron chi connectivity index (χ2n) is 8.43. The molecule has 10 heteroatoms. The molecule has 1 aliphatic heterocycles. The zero-order chi connectivity index (χ0) is 24.5. The summed E-state index contributed by atoms with van der Waals surface area (Å²) in [7, 11) is 0. The Morgan fingerprint density at radius 2 is 1.91 bits per heavy atom. The van der Waals surface area contributed by atoms with Crippen LogP contribution < -0.4 is 5.32 Å². The number of rotatable bonds is 6. The lowest BCUT2D eigenvalue weighted by Crippen LogP contribution is -2.46. The van der Waals surface area contributed by atoms with Crippen molar-refractivity contribution in [3.63, 3.8) is 0 Å². The number of hydrogen-bond acceptors (Lipinski definition) is 6. The summed E-state index contributed by atoms with van der Waals surface area (Å²) < 4.78 is 40.9. The monoisotopic (exact) mass is 474 g/mol. The molecular formula is C24H25F3N4O3. The molecule has 0 radical (unpaired) electrons. The van der Waals surface area contributed by atoms with Crippen molar-refractivity contribution in [3.05, 3.63) is 65.4 Å². The maximum absolute atomic E-state index is 14.6. The van der Waals surface area contributed by atoms with E-state index in [1.807, 2.05) is 0 Å². The van der Waals surface area contributed by atoms with Crippen molar-refractivity contribution in [2.45, 2.75) is 37.8 Å². The molecule has 0 aliphatic carbocycles. The Morgan fingerprint density at radius 1 is 1.21 bits per heavy atom. The third-order valence-corrected chi connectivity index (χ3v) is 6.32. The summed E-state index contributed by atoms with van der Waals surface area (Å²) in [5.74, 6) is -1.34. The zero-order valence-corrected chi connectivity index (χ0v) is 18.5. The van der Waals surface area contributed by atoms with Gasteiger partial charge < -0.3 is 20.4 Å². The molecule has 1 aromatic carbocycles. The second-order valence-corrected chi connectivity index (χ2v) is 8.43. The molecule has 180 valence electrons. The number of likely N-dealkylation sites (tertiary alicyclic amines) is 1. The number of aliphatic hydroxyl groups excluding tert-OH is 1. The predicted octanol–water partition coefficient (Wildman–Crippen LogP) is 3.68. The quantitative estimate of drug-likeness (QED) is 0.504. The molecule has 1 aliphatic rings. The van der Waals surface area contributed by atoms with E-state index in [9.17, 15) is 23.1 Å². The Labute approximate surface area is 194 Å². The molecule has 0 saturated carbocycles. The number of aromatic nitrogens is 2. The lowest BCUT2D eigenvalue weighted by molar-refractivity contribution is -0.138. The Bertz CT molecular complexity index is 1200. The Balaban J connectivity index is 1.62. The highest BCUT2D eigenvalue weighted by atomic mass is 19.3. The number of halogens is 3. The van der Waals surface area contributed by atoms with Crippen LogP contribution in [-0.2, 0) is 10.4 Å². The fourth-order valence-corrected chi connectivity index (χ4v) is 4.29. The third kappa shape index (κ3) is 4.55. The van der Waals surface area contributed by atoms with Crippen LogP contribution in [0.5, 0.6) is 0 Å². The van der Waals surface area contributed by atoms with E-state index in [-0.39, 0.29) is 37.4 Å². The normalized spacial score (nSPS) is 16.6. The van der Waals surface area contributed by atoms with E-state index in [2.05, 4.69) is 15.3 Å². The van der Waals surface area contributed by atoms with E-state index in [0.29, 0.717) is 22.3 Å². The van der Waals surface area contributed by atoms with E-state index in [0.717, 1.165) is 6.07 Å². The molecule has 7 nitrogen and oxygen atoms in total. The molecular weight excluding hydrogens is 449 g/mol. The summed E-state index contributed by atoms with van der Waals surface area (Å²) in [6, 6.07) is 6.68. The first-order chi connectivity index (χ1) is 16.2. The van der Waals surface area contributed by atoms with Gasteiger partial charge in [-0.05, 0) is 31.9 Å². The summed E-state index contributed by atoms with van der Waals surface area (Å²) in [6.07, 6.45) is 0.674. The van der Waals surface area contributed by atoms with Gasteiger partial charge in [-0.2, -0.15) is 0 Å². The van der Waals surface area contributed by atoms with Crippen LogP contribution in [0.2, 0.25) is 0 Å². The predicted molar refractivity (Wildman–Crippen MR) is 120 cm³/mol. The van der Waals surface area contributed by atoms with Crippen molar-refractivity contribution < 1.29 is 28.2 Å². The molecule has 1 atom stereocenters. The van der Waals surface area contributed by atoms with E-state index >= 15 is 0 Å². The lowest BCUT2D eigenvalue weighted by atomic mass is 9.87. The van der Waals surface area contributed by atoms with Crippen LogP contribution in [0.1, 0.15) is 49.1 Å². The molecule has 1 saturated heterocycles. The molecule has 34 heavy (non-hydrogen) atoms. The maximum Gasteiger partial charge on any atom is 0.266 e. The number of fused-ring (bicyclic) bond motifs is 1. The Kier molecular flexibility index (Phi) is 6.72. The van der Waals surface area contributed by atoms with Gasteiger partial charge in [-0.15, -0.1) is 0 Å². The fraction of sp³-hybridized carbons (Fsp3) is 0.375. The van der Waals surface area contributed by atoms with Gasteiger partial charge in [-0.3, -0.25) is 14.8 Å². The van der Waals surface area contributed by atoms with Crippen molar-refractivity contribution in [2.75, 3.05) is 25.0 Å². The van der Waals surface area contributed by atoms with Crippen LogP contribution >= 0.6 is 0 Å². The smallest absolute Gasteiger partial charge is 0.266 e. The van der Waals surface area contributed by atoms with Gasteiger partial charge >= 0.3 is 0 Å². The van der Waals surface area contributed by atoms with Crippen LogP contribution in [0, 0.1) is 5.82 Å². The van der Waals surface area contributed by atoms with Crippen molar-refractivity contribution in [3.8, 4) is 0 Å². The van der Waals surface area contributed by atoms with E-state index in [1.165, 1.54) is 23.2 Å². The van der Waals surface area contributed by atoms with Gasteiger partial charge in [0, 0.05) is 35.9 Å². The van der Waals surface area contributed by atoms with E-state index in [4.69, 9.17) is 5.11 Å². The number of hydrogen-bond donors (Lipinski definition) is 3. The number of carbonyl (C=O) groups excluding carboxylic acids is 1. The van der Waals surface area contributed by atoms with Crippen LogP contribution in [0.15, 0.2) is 42.7 Å². The number of benzene rings is 1. The van der Waals surface area contributed by atoms with Crippen molar-refractivity contribution in [1.29, 1.82) is 0 Å². The maximum atomic E-state index is 14.6. The zero-order valence-electron chi connectivity index (χ0n) is 18.5. The van der Waals surface area contributed by atoms with Gasteiger partial charge in [-0.25, -0.2) is 13.2 Å². The minimum atomic E-state index is -2.91.